The fraction of sp³-hybridized carbons (Fsp3) is 0.217. The van der Waals surface area contributed by atoms with Gasteiger partial charge in [0.25, 0.3) is 0 Å². The van der Waals surface area contributed by atoms with E-state index >= 15 is 0 Å². The van der Waals surface area contributed by atoms with Crippen LogP contribution in [0.2, 0.25) is 10.0 Å². The molecule has 0 unspecified atom stereocenters. The van der Waals surface area contributed by atoms with Gasteiger partial charge in [-0.1, -0.05) is 65.7 Å². The monoisotopic (exact) mass is 415 g/mol. The molecule has 0 bridgehead atoms. The third-order valence-electron chi connectivity index (χ3n) is 4.36. The lowest BCUT2D eigenvalue weighted by Crippen LogP contribution is -2.17. The minimum Gasteiger partial charge on any atom is -0.493 e. The molecule has 0 heterocycles. The normalized spacial score (nSPS) is 10.7. The summed E-state index contributed by atoms with van der Waals surface area (Å²) in [5, 5.41) is 4.76. The van der Waals surface area contributed by atoms with Gasteiger partial charge in [-0.05, 0) is 47.9 Å². The highest BCUT2D eigenvalue weighted by Gasteiger charge is 2.11. The van der Waals surface area contributed by atoms with Gasteiger partial charge in [0, 0.05) is 22.7 Å². The molecular weight excluding hydrogens is 393 g/mol. The van der Waals surface area contributed by atoms with Crippen molar-refractivity contribution in [2.75, 3.05) is 13.7 Å². The fourth-order valence-electron chi connectivity index (χ4n) is 2.87. The van der Waals surface area contributed by atoms with E-state index in [0.717, 1.165) is 24.1 Å². The van der Waals surface area contributed by atoms with E-state index in [1.807, 2.05) is 36.4 Å². The molecule has 3 aromatic carbocycles. The van der Waals surface area contributed by atoms with Crippen molar-refractivity contribution < 1.29 is 9.47 Å². The van der Waals surface area contributed by atoms with Gasteiger partial charge in [-0.3, -0.25) is 0 Å². The first-order valence-electron chi connectivity index (χ1n) is 9.14. The highest BCUT2D eigenvalue weighted by molar-refractivity contribution is 6.31. The zero-order valence-electron chi connectivity index (χ0n) is 15.8. The summed E-state index contributed by atoms with van der Waals surface area (Å²) in [5.74, 6) is 1.27. The van der Waals surface area contributed by atoms with Gasteiger partial charge in [0.15, 0.2) is 11.5 Å². The van der Waals surface area contributed by atoms with Crippen LogP contribution < -0.4 is 14.8 Å². The average molecular weight is 416 g/mol. The summed E-state index contributed by atoms with van der Waals surface area (Å²) in [7, 11) is 1.63. The molecule has 3 aromatic rings. The smallest absolute Gasteiger partial charge is 0.163 e. The number of hydrogen-bond donors (Lipinski definition) is 1. The molecule has 146 valence electrons. The largest absolute Gasteiger partial charge is 0.493 e. The Morgan fingerprint density at radius 2 is 1.64 bits per heavy atom. The number of hydrogen-bond acceptors (Lipinski definition) is 3. The van der Waals surface area contributed by atoms with Gasteiger partial charge in [0.1, 0.15) is 6.61 Å². The van der Waals surface area contributed by atoms with Crippen molar-refractivity contribution in [3.05, 3.63) is 93.5 Å². The Labute approximate surface area is 176 Å². The van der Waals surface area contributed by atoms with Crippen LogP contribution in [0.25, 0.3) is 0 Å². The molecule has 3 rings (SSSR count). The Bertz CT molecular complexity index is 900. The minimum atomic E-state index is 0.391. The number of ether oxygens (including phenoxy) is 2. The summed E-state index contributed by atoms with van der Waals surface area (Å²) in [6.07, 6.45) is 0.969. The van der Waals surface area contributed by atoms with E-state index in [0.29, 0.717) is 34.7 Å². The molecule has 0 aliphatic heterocycles. The third-order valence-corrected chi connectivity index (χ3v) is 4.95. The van der Waals surface area contributed by atoms with Crippen molar-refractivity contribution in [1.29, 1.82) is 0 Å². The Balaban J connectivity index is 1.59. The number of rotatable bonds is 9. The van der Waals surface area contributed by atoms with E-state index in [1.165, 1.54) is 5.56 Å². The molecule has 0 spiro atoms. The molecule has 0 aromatic heterocycles. The second-order valence-corrected chi connectivity index (χ2v) is 7.27. The van der Waals surface area contributed by atoms with Crippen LogP contribution in [0.4, 0.5) is 0 Å². The van der Waals surface area contributed by atoms with Crippen molar-refractivity contribution >= 4 is 23.2 Å². The first-order chi connectivity index (χ1) is 13.7. The van der Waals surface area contributed by atoms with Crippen molar-refractivity contribution in [2.45, 2.75) is 19.6 Å². The Hall–Kier alpha value is -2.20. The van der Waals surface area contributed by atoms with Gasteiger partial charge in [0.2, 0.25) is 0 Å². The van der Waals surface area contributed by atoms with E-state index in [-0.39, 0.29) is 0 Å². The Morgan fingerprint density at radius 1 is 0.857 bits per heavy atom. The molecule has 28 heavy (non-hydrogen) atoms. The van der Waals surface area contributed by atoms with Gasteiger partial charge in [-0.15, -0.1) is 0 Å². The molecule has 1 N–H and O–H groups in total. The van der Waals surface area contributed by atoms with Crippen molar-refractivity contribution in [1.82, 2.24) is 5.32 Å². The number of benzene rings is 3. The summed E-state index contributed by atoms with van der Waals surface area (Å²) in [5.41, 5.74) is 3.27. The molecular formula is C23H23Cl2NO2. The molecule has 0 fully saturated rings. The second kappa shape index (κ2) is 10.4. The van der Waals surface area contributed by atoms with Crippen LogP contribution in [0, 0.1) is 0 Å². The lowest BCUT2D eigenvalue weighted by atomic mass is 10.1. The highest BCUT2D eigenvalue weighted by Crippen LogP contribution is 2.34. The van der Waals surface area contributed by atoms with Gasteiger partial charge in [0.05, 0.1) is 7.11 Å². The first kappa shape index (κ1) is 20.5. The predicted octanol–water partition coefficient (Wildman–Crippen LogP) is 5.91. The molecule has 3 nitrogen and oxygen atoms in total. The van der Waals surface area contributed by atoms with Crippen molar-refractivity contribution in [3.8, 4) is 11.5 Å². The van der Waals surface area contributed by atoms with Crippen LogP contribution in [0.5, 0.6) is 11.5 Å². The number of halogens is 2. The molecule has 0 aliphatic carbocycles. The maximum Gasteiger partial charge on any atom is 0.163 e. The lowest BCUT2D eigenvalue weighted by Gasteiger charge is -2.14. The summed E-state index contributed by atoms with van der Waals surface area (Å²) in [6, 6.07) is 21.7. The maximum atomic E-state index is 6.46. The average Bonchev–Trinajstić information content (AvgIpc) is 2.71. The standard InChI is InChI=1S/C23H23Cl2NO2/c1-27-22-13-19(15-26-11-10-17-6-3-2-4-7-17)21(25)14-23(22)28-16-18-8-5-9-20(24)12-18/h2-9,12-14,26H,10-11,15-16H2,1H3. The van der Waals surface area contributed by atoms with Gasteiger partial charge < -0.3 is 14.8 Å². The third kappa shape index (κ3) is 5.90. The Kier molecular flexibility index (Phi) is 7.61. The maximum absolute atomic E-state index is 6.46. The molecule has 0 radical (unpaired) electrons. The summed E-state index contributed by atoms with van der Waals surface area (Å²) < 4.78 is 11.4. The van der Waals surface area contributed by atoms with Gasteiger partial charge >= 0.3 is 0 Å². The van der Waals surface area contributed by atoms with Crippen molar-refractivity contribution in [2.24, 2.45) is 0 Å². The van der Waals surface area contributed by atoms with Crippen LogP contribution in [0.1, 0.15) is 16.7 Å². The SMILES string of the molecule is COc1cc(CNCCc2ccccc2)c(Cl)cc1OCc1cccc(Cl)c1. The number of nitrogens with one attached hydrogen (secondary N) is 1. The quantitative estimate of drug-likeness (QED) is 0.440. The predicted molar refractivity (Wildman–Crippen MR) is 116 cm³/mol. The van der Waals surface area contributed by atoms with E-state index in [4.69, 9.17) is 32.7 Å². The van der Waals surface area contributed by atoms with Crippen LogP contribution >= 0.6 is 23.2 Å². The molecule has 5 heteroatoms. The minimum absolute atomic E-state index is 0.391. The van der Waals surface area contributed by atoms with E-state index in [2.05, 4.69) is 29.6 Å². The van der Waals surface area contributed by atoms with Crippen molar-refractivity contribution in [3.63, 3.8) is 0 Å². The fourth-order valence-corrected chi connectivity index (χ4v) is 3.31. The van der Waals surface area contributed by atoms with Gasteiger partial charge in [-0.25, -0.2) is 0 Å². The zero-order chi connectivity index (χ0) is 19.8. The summed E-state index contributed by atoms with van der Waals surface area (Å²) >= 11 is 12.5. The van der Waals surface area contributed by atoms with Crippen LogP contribution in [-0.2, 0) is 19.6 Å². The highest BCUT2D eigenvalue weighted by atomic mass is 35.5. The topological polar surface area (TPSA) is 30.5 Å². The second-order valence-electron chi connectivity index (χ2n) is 6.43. The lowest BCUT2D eigenvalue weighted by molar-refractivity contribution is 0.284. The summed E-state index contributed by atoms with van der Waals surface area (Å²) in [4.78, 5) is 0. The van der Waals surface area contributed by atoms with Gasteiger partial charge in [-0.2, -0.15) is 0 Å². The summed E-state index contributed by atoms with van der Waals surface area (Å²) in [6.45, 7) is 1.92. The first-order valence-corrected chi connectivity index (χ1v) is 9.89. The van der Waals surface area contributed by atoms with E-state index in [9.17, 15) is 0 Å². The van der Waals surface area contributed by atoms with Crippen LogP contribution in [0.15, 0.2) is 66.7 Å². The van der Waals surface area contributed by atoms with Crippen LogP contribution in [0.3, 0.4) is 0 Å². The molecule has 0 atom stereocenters. The van der Waals surface area contributed by atoms with E-state index in [1.54, 1.807) is 13.2 Å². The molecule has 0 saturated heterocycles. The van der Waals surface area contributed by atoms with E-state index < -0.39 is 0 Å². The molecule has 0 aliphatic rings. The Morgan fingerprint density at radius 3 is 2.39 bits per heavy atom. The van der Waals surface area contributed by atoms with Crippen LogP contribution in [-0.4, -0.2) is 13.7 Å². The number of methoxy groups -OCH3 is 1. The molecule has 0 amide bonds. The molecule has 0 saturated carbocycles. The zero-order valence-corrected chi connectivity index (χ0v) is 17.3.